The molecule has 19 heavy (non-hydrogen) atoms. The first-order valence-electron chi connectivity index (χ1n) is 5.95. The average Bonchev–Trinajstić information content (AvgIpc) is 2.67. The van der Waals surface area contributed by atoms with Gasteiger partial charge in [-0.2, -0.15) is 0 Å². The highest BCUT2D eigenvalue weighted by atomic mass is 16.4. The zero-order chi connectivity index (χ0) is 14.2. The number of carboxylic acid groups (broad SMARTS) is 1. The van der Waals surface area contributed by atoms with E-state index in [2.05, 4.69) is 9.98 Å². The third-order valence-corrected chi connectivity index (χ3v) is 3.46. The lowest BCUT2D eigenvalue weighted by Crippen LogP contribution is -2.43. The summed E-state index contributed by atoms with van der Waals surface area (Å²) in [6, 6.07) is 2.93. The molecule has 2 heterocycles. The van der Waals surface area contributed by atoms with Gasteiger partial charge in [-0.15, -0.1) is 0 Å². The number of hydrogen-bond acceptors (Lipinski definition) is 4. The first-order valence-corrected chi connectivity index (χ1v) is 5.95. The van der Waals surface area contributed by atoms with Gasteiger partial charge in [-0.1, -0.05) is 13.8 Å². The summed E-state index contributed by atoms with van der Waals surface area (Å²) in [5.74, 6) is -1.27. The van der Waals surface area contributed by atoms with Crippen molar-refractivity contribution in [3.63, 3.8) is 0 Å². The molecule has 1 aliphatic heterocycles. The number of aromatic carboxylic acids is 1. The summed E-state index contributed by atoms with van der Waals surface area (Å²) in [4.78, 5) is 33.0. The summed E-state index contributed by atoms with van der Waals surface area (Å²) in [6.45, 7) is 5.53. The standard InChI is InChI=1S/C13H15N3O3/c1-8(2)13(3)12(19)16(7-15-13)10-9(11(17)18)5-4-6-14-10/h4-8H,1-3H3,(H,17,18). The Morgan fingerprint density at radius 1 is 1.47 bits per heavy atom. The highest BCUT2D eigenvalue weighted by Crippen LogP contribution is 2.31. The second-order valence-electron chi connectivity index (χ2n) is 4.90. The molecular weight excluding hydrogens is 246 g/mol. The number of anilines is 1. The monoisotopic (exact) mass is 261 g/mol. The number of hydrogen-bond donors (Lipinski definition) is 1. The number of carboxylic acids is 1. The largest absolute Gasteiger partial charge is 0.478 e. The van der Waals surface area contributed by atoms with Crippen LogP contribution in [0, 0.1) is 5.92 Å². The van der Waals surface area contributed by atoms with Crippen LogP contribution in [0.1, 0.15) is 31.1 Å². The summed E-state index contributed by atoms with van der Waals surface area (Å²) in [5.41, 5.74) is -0.886. The molecule has 2 rings (SSSR count). The van der Waals surface area contributed by atoms with Crippen LogP contribution < -0.4 is 4.90 Å². The van der Waals surface area contributed by atoms with E-state index in [9.17, 15) is 9.59 Å². The smallest absolute Gasteiger partial charge is 0.339 e. The van der Waals surface area contributed by atoms with Crippen LogP contribution in [-0.2, 0) is 4.79 Å². The van der Waals surface area contributed by atoms with Crippen LogP contribution in [0.4, 0.5) is 5.82 Å². The highest BCUT2D eigenvalue weighted by Gasteiger charge is 2.44. The number of amides is 1. The van der Waals surface area contributed by atoms with Gasteiger partial charge in [-0.3, -0.25) is 14.7 Å². The van der Waals surface area contributed by atoms with Crippen molar-refractivity contribution in [3.05, 3.63) is 23.9 Å². The minimum Gasteiger partial charge on any atom is -0.478 e. The van der Waals surface area contributed by atoms with E-state index in [0.29, 0.717) is 0 Å². The maximum atomic E-state index is 12.4. The Morgan fingerprint density at radius 3 is 2.68 bits per heavy atom. The maximum absolute atomic E-state index is 12.4. The molecular formula is C13H15N3O3. The zero-order valence-corrected chi connectivity index (χ0v) is 11.0. The number of aromatic nitrogens is 1. The van der Waals surface area contributed by atoms with E-state index in [1.165, 1.54) is 29.6 Å². The molecule has 0 radical (unpaired) electrons. The topological polar surface area (TPSA) is 82.9 Å². The van der Waals surface area contributed by atoms with Crippen molar-refractivity contribution in [1.82, 2.24) is 4.98 Å². The van der Waals surface area contributed by atoms with Crippen LogP contribution in [0.2, 0.25) is 0 Å². The molecule has 1 amide bonds. The van der Waals surface area contributed by atoms with E-state index in [1.807, 2.05) is 13.8 Å². The minimum absolute atomic E-state index is 0.0123. The van der Waals surface area contributed by atoms with Gasteiger partial charge in [0.1, 0.15) is 11.1 Å². The number of pyridine rings is 1. The van der Waals surface area contributed by atoms with E-state index < -0.39 is 11.5 Å². The predicted octanol–water partition coefficient (Wildman–Crippen LogP) is 1.57. The molecule has 6 nitrogen and oxygen atoms in total. The van der Waals surface area contributed by atoms with Crippen molar-refractivity contribution in [3.8, 4) is 0 Å². The van der Waals surface area contributed by atoms with Gasteiger partial charge in [0.15, 0.2) is 5.82 Å². The summed E-state index contributed by atoms with van der Waals surface area (Å²) in [6.07, 6.45) is 2.81. The summed E-state index contributed by atoms with van der Waals surface area (Å²) >= 11 is 0. The predicted molar refractivity (Wildman–Crippen MR) is 70.4 cm³/mol. The van der Waals surface area contributed by atoms with Crippen LogP contribution in [0.5, 0.6) is 0 Å². The number of carbonyl (C=O) groups excluding carboxylic acids is 1. The first kappa shape index (κ1) is 13.2. The molecule has 0 saturated carbocycles. The fraction of sp³-hybridized carbons (Fsp3) is 0.385. The Kier molecular flexibility index (Phi) is 3.09. The zero-order valence-electron chi connectivity index (χ0n) is 11.0. The molecule has 0 bridgehead atoms. The molecule has 0 saturated heterocycles. The molecule has 1 aromatic rings. The Morgan fingerprint density at radius 2 is 2.16 bits per heavy atom. The molecule has 1 atom stereocenters. The fourth-order valence-corrected chi connectivity index (χ4v) is 1.83. The summed E-state index contributed by atoms with van der Waals surface area (Å²) in [7, 11) is 0. The van der Waals surface area contributed by atoms with Crippen molar-refractivity contribution >= 4 is 24.0 Å². The van der Waals surface area contributed by atoms with Gasteiger partial charge in [0, 0.05) is 6.20 Å². The van der Waals surface area contributed by atoms with E-state index in [4.69, 9.17) is 5.11 Å². The van der Waals surface area contributed by atoms with Gasteiger partial charge in [-0.25, -0.2) is 9.78 Å². The Balaban J connectivity index is 2.44. The Bertz CT molecular complexity index is 568. The number of rotatable bonds is 3. The van der Waals surface area contributed by atoms with Crippen LogP contribution in [0.3, 0.4) is 0 Å². The van der Waals surface area contributed by atoms with E-state index in [0.717, 1.165) is 0 Å². The molecule has 100 valence electrons. The van der Waals surface area contributed by atoms with Crippen molar-refractivity contribution in [2.75, 3.05) is 4.90 Å². The molecule has 0 aromatic carbocycles. The normalized spacial score (nSPS) is 22.3. The SMILES string of the molecule is CC(C)C1(C)N=CN(c2ncccc2C(=O)O)C1=O. The Hall–Kier alpha value is -2.24. The minimum atomic E-state index is -1.12. The molecule has 0 aliphatic carbocycles. The average molecular weight is 261 g/mol. The maximum Gasteiger partial charge on any atom is 0.339 e. The van der Waals surface area contributed by atoms with Crippen LogP contribution >= 0.6 is 0 Å². The molecule has 1 aromatic heterocycles. The van der Waals surface area contributed by atoms with Gasteiger partial charge < -0.3 is 5.11 Å². The summed E-state index contributed by atoms with van der Waals surface area (Å²) < 4.78 is 0. The molecule has 1 aliphatic rings. The highest BCUT2D eigenvalue weighted by molar-refractivity contribution is 6.18. The van der Waals surface area contributed by atoms with Crippen molar-refractivity contribution in [1.29, 1.82) is 0 Å². The third kappa shape index (κ3) is 1.99. The van der Waals surface area contributed by atoms with E-state index in [1.54, 1.807) is 6.92 Å². The van der Waals surface area contributed by atoms with Crippen LogP contribution in [0.15, 0.2) is 23.3 Å². The van der Waals surface area contributed by atoms with Gasteiger partial charge in [0.05, 0.1) is 6.34 Å². The number of carbonyl (C=O) groups is 2. The van der Waals surface area contributed by atoms with E-state index >= 15 is 0 Å². The first-order chi connectivity index (χ1) is 8.88. The molecule has 6 heteroatoms. The van der Waals surface area contributed by atoms with Crippen molar-refractivity contribution in [2.45, 2.75) is 26.3 Å². The van der Waals surface area contributed by atoms with Gasteiger partial charge in [-0.05, 0) is 25.0 Å². The number of nitrogens with zero attached hydrogens (tertiary/aromatic N) is 3. The summed E-state index contributed by atoms with van der Waals surface area (Å²) in [5, 5.41) is 9.13. The molecule has 1 N–H and O–H groups in total. The lowest BCUT2D eigenvalue weighted by atomic mass is 9.89. The van der Waals surface area contributed by atoms with Crippen LogP contribution in [0.25, 0.3) is 0 Å². The molecule has 0 spiro atoms. The molecule has 0 fully saturated rings. The van der Waals surface area contributed by atoms with E-state index in [-0.39, 0.29) is 23.2 Å². The van der Waals surface area contributed by atoms with Crippen LogP contribution in [-0.4, -0.2) is 33.8 Å². The second-order valence-corrected chi connectivity index (χ2v) is 4.90. The van der Waals surface area contributed by atoms with Gasteiger partial charge in [0.25, 0.3) is 5.91 Å². The van der Waals surface area contributed by atoms with Gasteiger partial charge in [0.2, 0.25) is 0 Å². The lowest BCUT2D eigenvalue weighted by Gasteiger charge is -2.25. The lowest BCUT2D eigenvalue weighted by molar-refractivity contribution is -0.122. The Labute approximate surface area is 110 Å². The van der Waals surface area contributed by atoms with Crippen molar-refractivity contribution < 1.29 is 14.7 Å². The van der Waals surface area contributed by atoms with Gasteiger partial charge >= 0.3 is 5.97 Å². The number of aliphatic imine (C=N–C) groups is 1. The molecule has 1 unspecified atom stereocenters. The third-order valence-electron chi connectivity index (χ3n) is 3.46. The van der Waals surface area contributed by atoms with Crippen molar-refractivity contribution in [2.24, 2.45) is 10.9 Å². The second kappa shape index (κ2) is 4.46. The fourth-order valence-electron chi connectivity index (χ4n) is 1.83. The quantitative estimate of drug-likeness (QED) is 0.895.